The molecule has 0 radical (unpaired) electrons. The third-order valence-electron chi connectivity index (χ3n) is 7.42. The second-order valence-electron chi connectivity index (χ2n) is 9.62. The molecule has 3 N–H and O–H groups in total. The van der Waals surface area contributed by atoms with Crippen LogP contribution in [0.5, 0.6) is 0 Å². The summed E-state index contributed by atoms with van der Waals surface area (Å²) >= 11 is 6.31. The molecule has 1 aromatic rings. The first-order chi connectivity index (χ1) is 13.0. The summed E-state index contributed by atoms with van der Waals surface area (Å²) in [6.45, 7) is 2.45. The summed E-state index contributed by atoms with van der Waals surface area (Å²) in [6.07, 6.45) is 10.7. The van der Waals surface area contributed by atoms with E-state index in [2.05, 4.69) is 15.2 Å². The van der Waals surface area contributed by atoms with Gasteiger partial charge in [-0.2, -0.15) is 0 Å². The van der Waals surface area contributed by atoms with Gasteiger partial charge in [0.25, 0.3) is 5.91 Å². The molecular weight excluding hydrogens is 395 g/mol. The number of anilines is 1. The lowest BCUT2D eigenvalue weighted by molar-refractivity contribution is -0.0503. The fourth-order valence-electron chi connectivity index (χ4n) is 6.64. The van der Waals surface area contributed by atoms with Crippen molar-refractivity contribution >= 4 is 35.7 Å². The Labute approximate surface area is 178 Å². The van der Waals surface area contributed by atoms with E-state index in [1.165, 1.54) is 38.5 Å². The summed E-state index contributed by atoms with van der Waals surface area (Å²) in [5, 5.41) is 3.65. The molecule has 28 heavy (non-hydrogen) atoms. The minimum absolute atomic E-state index is 0. The normalized spacial score (nSPS) is 35.7. The van der Waals surface area contributed by atoms with Crippen molar-refractivity contribution in [3.8, 4) is 0 Å². The predicted octanol–water partition coefficient (Wildman–Crippen LogP) is 3.64. The highest BCUT2D eigenvalue weighted by atomic mass is 35.5. The lowest BCUT2D eigenvalue weighted by Crippen LogP contribution is -2.51. The van der Waals surface area contributed by atoms with Gasteiger partial charge in [-0.1, -0.05) is 11.6 Å². The lowest BCUT2D eigenvalue weighted by atomic mass is 9.49. The third-order valence-corrected chi connectivity index (χ3v) is 7.72. The van der Waals surface area contributed by atoms with Gasteiger partial charge < -0.3 is 16.0 Å². The molecule has 5 nitrogen and oxygen atoms in total. The van der Waals surface area contributed by atoms with Gasteiger partial charge in [0.1, 0.15) is 5.82 Å². The number of rotatable bonds is 4. The number of hydrogen-bond acceptors (Lipinski definition) is 4. The van der Waals surface area contributed by atoms with E-state index in [1.54, 1.807) is 6.20 Å². The zero-order valence-electron chi connectivity index (χ0n) is 16.2. The Morgan fingerprint density at radius 1 is 1.25 bits per heavy atom. The average molecular weight is 425 g/mol. The Hall–Kier alpha value is -1.04. The molecule has 1 unspecified atom stereocenters. The van der Waals surface area contributed by atoms with Crippen molar-refractivity contribution in [2.45, 2.75) is 51.0 Å². The van der Waals surface area contributed by atoms with Crippen molar-refractivity contribution in [1.82, 2.24) is 10.3 Å². The van der Waals surface area contributed by atoms with Gasteiger partial charge in [-0.15, -0.1) is 12.4 Å². The number of nitrogens with zero attached hydrogens (tertiary/aromatic N) is 2. The molecule has 1 saturated heterocycles. The van der Waals surface area contributed by atoms with Crippen LogP contribution in [-0.4, -0.2) is 36.6 Å². The van der Waals surface area contributed by atoms with E-state index in [0.29, 0.717) is 16.0 Å². The van der Waals surface area contributed by atoms with Crippen molar-refractivity contribution in [1.29, 1.82) is 0 Å². The van der Waals surface area contributed by atoms with E-state index in [4.69, 9.17) is 17.3 Å². The highest BCUT2D eigenvalue weighted by molar-refractivity contribution is 6.33. The summed E-state index contributed by atoms with van der Waals surface area (Å²) in [5.41, 5.74) is 6.87. The van der Waals surface area contributed by atoms with Gasteiger partial charge in [-0.3, -0.25) is 4.79 Å². The quantitative estimate of drug-likeness (QED) is 0.773. The predicted molar refractivity (Wildman–Crippen MR) is 114 cm³/mol. The zero-order chi connectivity index (χ0) is 18.6. The number of hydrogen-bond donors (Lipinski definition) is 2. The van der Waals surface area contributed by atoms with Crippen molar-refractivity contribution < 1.29 is 4.79 Å². The molecule has 1 aliphatic heterocycles. The van der Waals surface area contributed by atoms with Crippen LogP contribution in [0.25, 0.3) is 0 Å². The van der Waals surface area contributed by atoms with Crippen LogP contribution in [0, 0.1) is 23.2 Å². The van der Waals surface area contributed by atoms with Crippen LogP contribution in [0.2, 0.25) is 5.02 Å². The summed E-state index contributed by atoms with van der Waals surface area (Å²) in [6, 6.07) is 2.01. The lowest BCUT2D eigenvalue weighted by Gasteiger charge is -2.56. The molecule has 6 rings (SSSR count). The van der Waals surface area contributed by atoms with Crippen LogP contribution in [0.3, 0.4) is 0 Å². The largest absolute Gasteiger partial charge is 0.355 e. The van der Waals surface area contributed by atoms with Gasteiger partial charge in [0.15, 0.2) is 0 Å². The second-order valence-corrected chi connectivity index (χ2v) is 10.0. The molecule has 1 amide bonds. The van der Waals surface area contributed by atoms with E-state index in [0.717, 1.165) is 49.6 Å². The number of nitrogens with two attached hydrogens (primary N) is 1. The molecule has 4 saturated carbocycles. The summed E-state index contributed by atoms with van der Waals surface area (Å²) in [4.78, 5) is 19.5. The highest BCUT2D eigenvalue weighted by Crippen LogP contribution is 2.59. The fraction of sp³-hybridized carbons (Fsp3) is 0.714. The number of pyridine rings is 1. The number of carbonyl (C=O) groups excluding carboxylic acids is 1. The first kappa shape index (κ1) is 20.2. The number of amides is 1. The van der Waals surface area contributed by atoms with Crippen LogP contribution in [-0.2, 0) is 0 Å². The minimum atomic E-state index is -0.0668. The SMILES string of the molecule is Cl.NC1CCN(c2cc(C(=O)NCC34CC5CC(CC(C5)C3)C4)c(Cl)cn2)C1. The monoisotopic (exact) mass is 424 g/mol. The van der Waals surface area contributed by atoms with Crippen molar-refractivity contribution in [3.05, 3.63) is 22.8 Å². The first-order valence-corrected chi connectivity index (χ1v) is 10.8. The van der Waals surface area contributed by atoms with E-state index in [9.17, 15) is 4.79 Å². The summed E-state index contributed by atoms with van der Waals surface area (Å²) in [7, 11) is 0. The van der Waals surface area contributed by atoms with E-state index in [-0.39, 0.29) is 24.4 Å². The maximum atomic E-state index is 12.9. The molecule has 7 heteroatoms. The maximum Gasteiger partial charge on any atom is 0.253 e. The topological polar surface area (TPSA) is 71.2 Å². The smallest absolute Gasteiger partial charge is 0.253 e. The Kier molecular flexibility index (Phi) is 5.54. The molecule has 0 aromatic carbocycles. The van der Waals surface area contributed by atoms with Crippen LogP contribution in [0.4, 0.5) is 5.82 Å². The van der Waals surface area contributed by atoms with E-state index >= 15 is 0 Å². The van der Waals surface area contributed by atoms with Crippen molar-refractivity contribution in [3.63, 3.8) is 0 Å². The molecule has 4 aliphatic carbocycles. The Morgan fingerprint density at radius 2 is 1.89 bits per heavy atom. The van der Waals surface area contributed by atoms with Crippen LogP contribution < -0.4 is 16.0 Å². The Bertz CT molecular complexity index is 721. The van der Waals surface area contributed by atoms with Crippen molar-refractivity contribution in [2.75, 3.05) is 24.5 Å². The standard InChI is InChI=1S/C21H29ClN4O.ClH/c22-18-10-24-19(26-2-1-16(23)11-26)6-17(18)20(27)25-12-21-7-13-3-14(8-21)5-15(4-13)9-21;/h6,10,13-16H,1-5,7-9,11-12,23H2,(H,25,27);1H. The first-order valence-electron chi connectivity index (χ1n) is 10.4. The third kappa shape index (κ3) is 3.73. The van der Waals surface area contributed by atoms with Gasteiger partial charge in [0, 0.05) is 31.9 Å². The fourth-order valence-corrected chi connectivity index (χ4v) is 6.83. The van der Waals surface area contributed by atoms with Crippen LogP contribution in [0.1, 0.15) is 55.3 Å². The summed E-state index contributed by atoms with van der Waals surface area (Å²) in [5.74, 6) is 3.41. The van der Waals surface area contributed by atoms with Gasteiger partial charge in [0.2, 0.25) is 0 Å². The van der Waals surface area contributed by atoms with Gasteiger partial charge in [-0.05, 0) is 74.2 Å². The molecular formula is C21H30Cl2N4O. The zero-order valence-corrected chi connectivity index (χ0v) is 17.8. The molecule has 4 bridgehead atoms. The molecule has 1 atom stereocenters. The van der Waals surface area contributed by atoms with Gasteiger partial charge in [-0.25, -0.2) is 4.98 Å². The molecule has 5 fully saturated rings. The Morgan fingerprint density at radius 3 is 2.46 bits per heavy atom. The number of carbonyl (C=O) groups is 1. The van der Waals surface area contributed by atoms with Crippen LogP contribution in [0.15, 0.2) is 12.3 Å². The molecule has 5 aliphatic rings. The number of halogens is 2. The van der Waals surface area contributed by atoms with Gasteiger partial charge >= 0.3 is 0 Å². The van der Waals surface area contributed by atoms with E-state index in [1.807, 2.05) is 6.07 Å². The molecule has 0 spiro atoms. The van der Waals surface area contributed by atoms with Gasteiger partial charge in [0.05, 0.1) is 10.6 Å². The minimum Gasteiger partial charge on any atom is -0.355 e. The molecule has 1 aromatic heterocycles. The molecule has 2 heterocycles. The number of nitrogens with one attached hydrogen (secondary N) is 1. The van der Waals surface area contributed by atoms with Crippen LogP contribution >= 0.6 is 24.0 Å². The maximum absolute atomic E-state index is 12.9. The Balaban J connectivity index is 0.00000192. The highest BCUT2D eigenvalue weighted by Gasteiger charge is 2.50. The second kappa shape index (κ2) is 7.66. The summed E-state index contributed by atoms with van der Waals surface area (Å²) < 4.78 is 0. The van der Waals surface area contributed by atoms with Crippen molar-refractivity contribution in [2.24, 2.45) is 28.9 Å². The average Bonchev–Trinajstić information content (AvgIpc) is 3.05. The molecule has 154 valence electrons. The number of aromatic nitrogens is 1. The van der Waals surface area contributed by atoms with E-state index < -0.39 is 0 Å².